The number of aryl methyl sites for hydroxylation is 1. The van der Waals surface area contributed by atoms with Gasteiger partial charge in [0, 0.05) is 6.42 Å². The average Bonchev–Trinajstić information content (AvgIpc) is 2.28. The molecule has 0 heterocycles. The van der Waals surface area contributed by atoms with Crippen LogP contribution < -0.4 is 0 Å². The lowest BCUT2D eigenvalue weighted by atomic mass is 10.1. The first-order chi connectivity index (χ1) is 8.04. The summed E-state index contributed by atoms with van der Waals surface area (Å²) < 4.78 is 17.9. The summed E-state index contributed by atoms with van der Waals surface area (Å²) in [5.41, 5.74) is 0.547. The summed E-state index contributed by atoms with van der Waals surface area (Å²) in [4.78, 5) is 21.4. The van der Waals surface area contributed by atoms with Crippen LogP contribution >= 0.6 is 0 Å². The van der Waals surface area contributed by atoms with Crippen LogP contribution in [0.2, 0.25) is 0 Å². The fourth-order valence-electron chi connectivity index (χ4n) is 1.43. The Morgan fingerprint density at radius 1 is 1.41 bits per heavy atom. The molecule has 0 bridgehead atoms. The van der Waals surface area contributed by atoms with Crippen LogP contribution in [0.1, 0.15) is 28.8 Å². The third-order valence-electron chi connectivity index (χ3n) is 2.29. The second kappa shape index (κ2) is 5.98. The number of ether oxygens (including phenoxy) is 1. The smallest absolute Gasteiger partial charge is 0.340 e. The molecule has 0 unspecified atom stereocenters. The molecule has 0 aliphatic carbocycles. The zero-order chi connectivity index (χ0) is 12.8. The van der Waals surface area contributed by atoms with Crippen molar-refractivity contribution in [2.24, 2.45) is 0 Å². The molecule has 0 saturated heterocycles. The van der Waals surface area contributed by atoms with Gasteiger partial charge in [-0.3, -0.25) is 4.79 Å². The normalized spacial score (nSPS) is 10.0. The Hall–Kier alpha value is -1.91. The van der Waals surface area contributed by atoms with Crippen LogP contribution in [0.15, 0.2) is 18.2 Å². The lowest BCUT2D eigenvalue weighted by molar-refractivity contribution is -0.137. The molecule has 4 nitrogen and oxygen atoms in total. The highest BCUT2D eigenvalue weighted by molar-refractivity contribution is 5.89. The molecule has 0 fully saturated rings. The molecule has 1 aromatic rings. The minimum Gasteiger partial charge on any atom is -0.481 e. The largest absolute Gasteiger partial charge is 0.481 e. The monoisotopic (exact) mass is 240 g/mol. The molecule has 0 aliphatic rings. The second-order valence-electron chi connectivity index (χ2n) is 3.55. The molecule has 0 spiro atoms. The van der Waals surface area contributed by atoms with Crippen molar-refractivity contribution < 1.29 is 23.8 Å². The minimum atomic E-state index is -0.878. The first-order valence-corrected chi connectivity index (χ1v) is 5.13. The Bertz CT molecular complexity index is 429. The Morgan fingerprint density at radius 2 is 2.12 bits per heavy atom. The van der Waals surface area contributed by atoms with Crippen molar-refractivity contribution in [1.82, 2.24) is 0 Å². The SMILES string of the molecule is COC(=O)c1ccc(CCCC(=O)O)cc1F. The molecule has 92 valence electrons. The van der Waals surface area contributed by atoms with E-state index in [1.165, 1.54) is 19.2 Å². The Morgan fingerprint density at radius 3 is 2.65 bits per heavy atom. The molecule has 0 saturated carbocycles. The summed E-state index contributed by atoms with van der Waals surface area (Å²) in [6, 6.07) is 4.17. The molecule has 1 rings (SSSR count). The van der Waals surface area contributed by atoms with Crippen molar-refractivity contribution in [1.29, 1.82) is 0 Å². The highest BCUT2D eigenvalue weighted by atomic mass is 19.1. The van der Waals surface area contributed by atoms with Crippen molar-refractivity contribution in [2.75, 3.05) is 7.11 Å². The van der Waals surface area contributed by atoms with Crippen molar-refractivity contribution in [3.8, 4) is 0 Å². The number of halogens is 1. The third-order valence-corrected chi connectivity index (χ3v) is 2.29. The van der Waals surface area contributed by atoms with Gasteiger partial charge in [-0.1, -0.05) is 6.07 Å². The Kier molecular flexibility index (Phi) is 4.63. The van der Waals surface area contributed by atoms with Gasteiger partial charge >= 0.3 is 11.9 Å². The molecule has 1 N–H and O–H groups in total. The zero-order valence-electron chi connectivity index (χ0n) is 9.40. The summed E-state index contributed by atoms with van der Waals surface area (Å²) in [6.45, 7) is 0. The van der Waals surface area contributed by atoms with Crippen molar-refractivity contribution in [3.63, 3.8) is 0 Å². The molecule has 0 aromatic heterocycles. The van der Waals surface area contributed by atoms with Crippen molar-refractivity contribution >= 4 is 11.9 Å². The maximum absolute atomic E-state index is 13.5. The number of rotatable bonds is 5. The fourth-order valence-corrected chi connectivity index (χ4v) is 1.43. The van der Waals surface area contributed by atoms with Gasteiger partial charge in [0.05, 0.1) is 12.7 Å². The summed E-state index contributed by atoms with van der Waals surface area (Å²) in [7, 11) is 1.18. The standard InChI is InChI=1S/C12H13FO4/c1-17-12(16)9-6-5-8(7-10(9)13)3-2-4-11(14)15/h5-7H,2-4H2,1H3,(H,14,15). The van der Waals surface area contributed by atoms with E-state index in [4.69, 9.17) is 5.11 Å². The highest BCUT2D eigenvalue weighted by Crippen LogP contribution is 2.13. The number of hydrogen-bond acceptors (Lipinski definition) is 3. The molecule has 0 radical (unpaired) electrons. The predicted octanol–water partition coefficient (Wildman–Crippen LogP) is 2.02. The third kappa shape index (κ3) is 3.86. The number of benzene rings is 1. The number of hydrogen-bond donors (Lipinski definition) is 1. The van der Waals surface area contributed by atoms with Gasteiger partial charge in [0.25, 0.3) is 0 Å². The molecular formula is C12H13FO4. The fraction of sp³-hybridized carbons (Fsp3) is 0.333. The van der Waals surface area contributed by atoms with Gasteiger partial charge in [-0.05, 0) is 30.5 Å². The van der Waals surface area contributed by atoms with Gasteiger partial charge in [0.15, 0.2) is 0 Å². The van der Waals surface area contributed by atoms with Crippen LogP contribution in [-0.4, -0.2) is 24.2 Å². The van der Waals surface area contributed by atoms with Gasteiger partial charge in [0.1, 0.15) is 5.82 Å². The number of esters is 1. The molecule has 0 atom stereocenters. The second-order valence-corrected chi connectivity index (χ2v) is 3.55. The Labute approximate surface area is 98.0 Å². The summed E-state index contributed by atoms with van der Waals surface area (Å²) in [6.07, 6.45) is 0.942. The highest BCUT2D eigenvalue weighted by Gasteiger charge is 2.12. The van der Waals surface area contributed by atoms with Gasteiger partial charge in [-0.15, -0.1) is 0 Å². The van der Waals surface area contributed by atoms with Crippen molar-refractivity contribution in [3.05, 3.63) is 35.1 Å². The van der Waals surface area contributed by atoms with E-state index in [-0.39, 0.29) is 12.0 Å². The molecule has 0 aliphatic heterocycles. The molecule has 5 heteroatoms. The quantitative estimate of drug-likeness (QED) is 0.800. The van der Waals surface area contributed by atoms with E-state index in [0.29, 0.717) is 18.4 Å². The molecule has 17 heavy (non-hydrogen) atoms. The van der Waals surface area contributed by atoms with Crippen LogP contribution in [0.25, 0.3) is 0 Å². The number of aliphatic carboxylic acids is 1. The zero-order valence-corrected chi connectivity index (χ0v) is 9.40. The van der Waals surface area contributed by atoms with Crippen LogP contribution in [0.5, 0.6) is 0 Å². The van der Waals surface area contributed by atoms with Crippen LogP contribution in [0.3, 0.4) is 0 Å². The van der Waals surface area contributed by atoms with E-state index in [1.54, 1.807) is 6.07 Å². The van der Waals surface area contributed by atoms with Crippen molar-refractivity contribution in [2.45, 2.75) is 19.3 Å². The topological polar surface area (TPSA) is 63.6 Å². The number of methoxy groups -OCH3 is 1. The maximum Gasteiger partial charge on any atom is 0.340 e. The molecule has 0 amide bonds. The van der Waals surface area contributed by atoms with Crippen LogP contribution in [0, 0.1) is 5.82 Å². The van der Waals surface area contributed by atoms with E-state index in [0.717, 1.165) is 0 Å². The summed E-state index contributed by atoms with van der Waals surface area (Å²) in [5.74, 6) is -2.25. The summed E-state index contributed by atoms with van der Waals surface area (Å²) in [5, 5.41) is 8.46. The van der Waals surface area contributed by atoms with Crippen LogP contribution in [-0.2, 0) is 16.0 Å². The van der Waals surface area contributed by atoms with E-state index < -0.39 is 17.8 Å². The first kappa shape index (κ1) is 13.2. The van der Waals surface area contributed by atoms with E-state index >= 15 is 0 Å². The van der Waals surface area contributed by atoms with Crippen LogP contribution in [0.4, 0.5) is 4.39 Å². The van der Waals surface area contributed by atoms with Gasteiger partial charge in [-0.2, -0.15) is 0 Å². The molecular weight excluding hydrogens is 227 g/mol. The van der Waals surface area contributed by atoms with E-state index in [2.05, 4.69) is 4.74 Å². The van der Waals surface area contributed by atoms with E-state index in [1.807, 2.05) is 0 Å². The number of carbonyl (C=O) groups excluding carboxylic acids is 1. The first-order valence-electron chi connectivity index (χ1n) is 5.13. The molecule has 1 aromatic carbocycles. The van der Waals surface area contributed by atoms with Gasteiger partial charge in [0.2, 0.25) is 0 Å². The number of carboxylic acids is 1. The minimum absolute atomic E-state index is 0.0420. The number of carboxylic acid groups (broad SMARTS) is 1. The Balaban J connectivity index is 2.68. The number of carbonyl (C=O) groups is 2. The lowest BCUT2D eigenvalue weighted by Gasteiger charge is -2.04. The van der Waals surface area contributed by atoms with Gasteiger partial charge in [-0.25, -0.2) is 9.18 Å². The van der Waals surface area contributed by atoms with Gasteiger partial charge < -0.3 is 9.84 Å². The maximum atomic E-state index is 13.5. The predicted molar refractivity (Wildman–Crippen MR) is 58.3 cm³/mol. The van der Waals surface area contributed by atoms with E-state index in [9.17, 15) is 14.0 Å². The average molecular weight is 240 g/mol. The lowest BCUT2D eigenvalue weighted by Crippen LogP contribution is -2.05. The summed E-state index contributed by atoms with van der Waals surface area (Å²) >= 11 is 0.